The van der Waals surface area contributed by atoms with Crippen LogP contribution in [0.25, 0.3) is 0 Å². The summed E-state index contributed by atoms with van der Waals surface area (Å²) in [5.41, 5.74) is 0.646. The number of aliphatic hydroxyl groups excluding tert-OH is 2. The number of halogens is 2. The summed E-state index contributed by atoms with van der Waals surface area (Å²) in [6.45, 7) is 2.60. The highest BCUT2D eigenvalue weighted by Crippen LogP contribution is 2.28. The van der Waals surface area contributed by atoms with Crippen LogP contribution < -0.4 is 0 Å². The number of carbonyl (C=O) groups excluding carboxylic acids is 1. The first-order chi connectivity index (χ1) is 11.5. The van der Waals surface area contributed by atoms with E-state index >= 15 is 0 Å². The summed E-state index contributed by atoms with van der Waals surface area (Å²) in [5.74, 6) is 0.213. The Morgan fingerprint density at radius 2 is 1.88 bits per heavy atom. The van der Waals surface area contributed by atoms with Crippen molar-refractivity contribution in [1.29, 1.82) is 0 Å². The van der Waals surface area contributed by atoms with E-state index in [-0.39, 0.29) is 37.4 Å². The molecule has 2 rings (SSSR count). The highest BCUT2D eigenvalue weighted by molar-refractivity contribution is 6.36. The molecule has 0 radical (unpaired) electrons. The molecule has 2 unspecified atom stereocenters. The highest BCUT2D eigenvalue weighted by atomic mass is 35.5. The zero-order valence-corrected chi connectivity index (χ0v) is 15.3. The molecule has 5 nitrogen and oxygen atoms in total. The number of hydrogen-bond acceptors (Lipinski definition) is 4. The lowest BCUT2D eigenvalue weighted by Gasteiger charge is -2.23. The second-order valence-corrected chi connectivity index (χ2v) is 7.18. The van der Waals surface area contributed by atoms with Crippen molar-refractivity contribution in [1.82, 2.24) is 9.80 Å². The van der Waals surface area contributed by atoms with Crippen LogP contribution in [0, 0.1) is 11.8 Å². The Morgan fingerprint density at radius 3 is 2.46 bits per heavy atom. The first kappa shape index (κ1) is 19.5. The molecule has 1 aliphatic heterocycles. The minimum absolute atomic E-state index is 0.0317. The van der Waals surface area contributed by atoms with Crippen LogP contribution >= 0.6 is 23.2 Å². The maximum atomic E-state index is 12.6. The van der Waals surface area contributed by atoms with Gasteiger partial charge in [0.15, 0.2) is 0 Å². The van der Waals surface area contributed by atoms with Crippen LogP contribution in [-0.2, 0) is 11.2 Å². The monoisotopic (exact) mass is 374 g/mol. The quantitative estimate of drug-likeness (QED) is 0.759. The Hall–Kier alpha value is -0.850. The maximum absolute atomic E-state index is 12.6. The molecule has 2 N–H and O–H groups in total. The summed E-state index contributed by atoms with van der Waals surface area (Å²) >= 11 is 12.3. The van der Waals surface area contributed by atoms with Gasteiger partial charge in [-0.05, 0) is 30.7 Å². The van der Waals surface area contributed by atoms with E-state index in [0.717, 1.165) is 6.54 Å². The molecule has 1 aliphatic rings. The van der Waals surface area contributed by atoms with Crippen LogP contribution in [-0.4, -0.2) is 72.4 Å². The van der Waals surface area contributed by atoms with Crippen LogP contribution in [0.15, 0.2) is 18.2 Å². The topological polar surface area (TPSA) is 64.0 Å². The fraction of sp³-hybridized carbons (Fsp3) is 0.588. The van der Waals surface area contributed by atoms with Crippen molar-refractivity contribution in [2.24, 2.45) is 11.8 Å². The van der Waals surface area contributed by atoms with E-state index in [1.165, 1.54) is 0 Å². The fourth-order valence-electron chi connectivity index (χ4n) is 3.18. The number of benzene rings is 1. The van der Waals surface area contributed by atoms with Crippen molar-refractivity contribution in [3.05, 3.63) is 33.8 Å². The van der Waals surface area contributed by atoms with Gasteiger partial charge < -0.3 is 20.0 Å². The molecule has 1 heterocycles. The van der Waals surface area contributed by atoms with Crippen molar-refractivity contribution >= 4 is 29.1 Å². The zero-order chi connectivity index (χ0) is 17.7. The van der Waals surface area contributed by atoms with E-state index in [1.807, 2.05) is 11.9 Å². The van der Waals surface area contributed by atoms with Gasteiger partial charge in [-0.1, -0.05) is 29.3 Å². The number of carbonyl (C=O) groups is 1. The van der Waals surface area contributed by atoms with Crippen molar-refractivity contribution < 1.29 is 15.0 Å². The van der Waals surface area contributed by atoms with Crippen LogP contribution in [0.4, 0.5) is 0 Å². The molecule has 0 spiro atoms. The lowest BCUT2D eigenvalue weighted by molar-refractivity contribution is -0.129. The third-order valence-electron chi connectivity index (χ3n) is 4.58. The van der Waals surface area contributed by atoms with Crippen LogP contribution in [0.1, 0.15) is 5.56 Å². The molecule has 1 fully saturated rings. The van der Waals surface area contributed by atoms with E-state index in [0.29, 0.717) is 35.2 Å². The molecule has 1 saturated heterocycles. The van der Waals surface area contributed by atoms with Gasteiger partial charge in [0.25, 0.3) is 0 Å². The standard InChI is InChI=1S/C17H24Cl2N2O3/c1-20(5-6-22)8-12-9-21(10-13(12)11-23)17(24)7-14-15(18)3-2-4-16(14)19/h2-4,12-13,22-23H,5-11H2,1H3. The van der Waals surface area contributed by atoms with Gasteiger partial charge in [0.1, 0.15) is 0 Å². The smallest absolute Gasteiger partial charge is 0.227 e. The Morgan fingerprint density at radius 1 is 1.25 bits per heavy atom. The van der Waals surface area contributed by atoms with Gasteiger partial charge in [-0.2, -0.15) is 0 Å². The Balaban J connectivity index is 2.00. The number of amides is 1. The Kier molecular flexibility index (Phi) is 7.32. The lowest BCUT2D eigenvalue weighted by atomic mass is 9.96. The van der Waals surface area contributed by atoms with Gasteiger partial charge in [-0.15, -0.1) is 0 Å². The van der Waals surface area contributed by atoms with E-state index in [4.69, 9.17) is 28.3 Å². The van der Waals surface area contributed by atoms with Gasteiger partial charge in [0, 0.05) is 48.7 Å². The van der Waals surface area contributed by atoms with Crippen molar-refractivity contribution in [3.63, 3.8) is 0 Å². The highest BCUT2D eigenvalue weighted by Gasteiger charge is 2.35. The molecule has 1 aromatic carbocycles. The molecule has 0 aromatic heterocycles. The lowest BCUT2D eigenvalue weighted by Crippen LogP contribution is -2.34. The summed E-state index contributed by atoms with van der Waals surface area (Å²) in [7, 11) is 1.93. The van der Waals surface area contributed by atoms with Crippen LogP contribution in [0.5, 0.6) is 0 Å². The molecule has 2 atom stereocenters. The van der Waals surface area contributed by atoms with E-state index in [1.54, 1.807) is 23.1 Å². The fourth-order valence-corrected chi connectivity index (χ4v) is 3.71. The molecule has 0 aliphatic carbocycles. The van der Waals surface area contributed by atoms with Crippen LogP contribution in [0.3, 0.4) is 0 Å². The number of likely N-dealkylation sites (tertiary alicyclic amines) is 1. The van der Waals surface area contributed by atoms with Gasteiger partial charge >= 0.3 is 0 Å². The third kappa shape index (κ3) is 4.83. The Bertz CT molecular complexity index is 551. The van der Waals surface area contributed by atoms with Crippen molar-refractivity contribution in [3.8, 4) is 0 Å². The average Bonchev–Trinajstić information content (AvgIpc) is 2.94. The SMILES string of the molecule is CN(CCO)CC1CN(C(=O)Cc2c(Cl)cccc2Cl)CC1CO. The number of rotatable bonds is 7. The molecule has 1 amide bonds. The van der Waals surface area contributed by atoms with Crippen molar-refractivity contribution in [2.75, 3.05) is 46.4 Å². The number of nitrogens with zero attached hydrogens (tertiary/aromatic N) is 2. The summed E-state index contributed by atoms with van der Waals surface area (Å²) in [6.07, 6.45) is 0.163. The summed E-state index contributed by atoms with van der Waals surface area (Å²) in [4.78, 5) is 16.4. The first-order valence-electron chi connectivity index (χ1n) is 8.07. The Labute approximate surface area is 152 Å². The predicted molar refractivity (Wildman–Crippen MR) is 95.4 cm³/mol. The van der Waals surface area contributed by atoms with E-state index < -0.39 is 0 Å². The molecule has 0 saturated carbocycles. The van der Waals surface area contributed by atoms with Gasteiger partial charge in [0.2, 0.25) is 5.91 Å². The van der Waals surface area contributed by atoms with Gasteiger partial charge in [0.05, 0.1) is 13.0 Å². The summed E-state index contributed by atoms with van der Waals surface area (Å²) < 4.78 is 0. The predicted octanol–water partition coefficient (Wildman–Crippen LogP) is 1.53. The number of hydrogen-bond donors (Lipinski definition) is 2. The summed E-state index contributed by atoms with van der Waals surface area (Å²) in [6, 6.07) is 5.20. The van der Waals surface area contributed by atoms with E-state index in [9.17, 15) is 9.90 Å². The largest absolute Gasteiger partial charge is 0.396 e. The molecular weight excluding hydrogens is 351 g/mol. The van der Waals surface area contributed by atoms with Crippen molar-refractivity contribution in [2.45, 2.75) is 6.42 Å². The minimum Gasteiger partial charge on any atom is -0.396 e. The molecule has 0 bridgehead atoms. The second-order valence-electron chi connectivity index (χ2n) is 6.36. The molecular formula is C17H24Cl2N2O3. The molecule has 24 heavy (non-hydrogen) atoms. The normalized spacial score (nSPS) is 20.8. The minimum atomic E-state index is -0.0317. The molecule has 7 heteroatoms. The average molecular weight is 375 g/mol. The van der Waals surface area contributed by atoms with E-state index in [2.05, 4.69) is 0 Å². The number of likely N-dealkylation sites (N-methyl/N-ethyl adjacent to an activating group) is 1. The van der Waals surface area contributed by atoms with Gasteiger partial charge in [-0.3, -0.25) is 4.79 Å². The second kappa shape index (κ2) is 9.02. The summed E-state index contributed by atoms with van der Waals surface area (Å²) in [5, 5.41) is 19.6. The van der Waals surface area contributed by atoms with Gasteiger partial charge in [-0.25, -0.2) is 0 Å². The number of aliphatic hydroxyl groups is 2. The molecule has 134 valence electrons. The first-order valence-corrected chi connectivity index (χ1v) is 8.82. The third-order valence-corrected chi connectivity index (χ3v) is 5.29. The van der Waals surface area contributed by atoms with Crippen LogP contribution in [0.2, 0.25) is 10.0 Å². The molecule has 1 aromatic rings. The maximum Gasteiger partial charge on any atom is 0.227 e. The zero-order valence-electron chi connectivity index (χ0n) is 13.8.